The van der Waals surface area contributed by atoms with Gasteiger partial charge in [-0.15, -0.1) is 10.2 Å². The van der Waals surface area contributed by atoms with Crippen molar-refractivity contribution in [2.75, 3.05) is 0 Å². The SMILES string of the molecule is Cc1nnc([S-])o1. The lowest BCUT2D eigenvalue weighted by Gasteiger charge is -1.86. The smallest absolute Gasteiger partial charge is 0.210 e. The molecule has 0 unspecified atom stereocenters. The van der Waals surface area contributed by atoms with Gasteiger partial charge in [-0.2, -0.15) is 0 Å². The highest BCUT2D eigenvalue weighted by molar-refractivity contribution is 7.58. The first-order valence-electron chi connectivity index (χ1n) is 1.76. The Morgan fingerprint density at radius 1 is 1.57 bits per heavy atom. The maximum Gasteiger partial charge on any atom is 0.210 e. The second-order valence-electron chi connectivity index (χ2n) is 1.09. The first-order valence-corrected chi connectivity index (χ1v) is 2.17. The van der Waals surface area contributed by atoms with Crippen LogP contribution in [0.15, 0.2) is 9.64 Å². The van der Waals surface area contributed by atoms with E-state index in [1.54, 1.807) is 6.92 Å². The van der Waals surface area contributed by atoms with Crippen LogP contribution in [0, 0.1) is 6.92 Å². The summed E-state index contributed by atoms with van der Waals surface area (Å²) in [5.74, 6) is 0.519. The van der Waals surface area contributed by atoms with Crippen molar-refractivity contribution in [1.82, 2.24) is 10.2 Å². The van der Waals surface area contributed by atoms with Crippen LogP contribution >= 0.6 is 0 Å². The summed E-state index contributed by atoms with van der Waals surface area (Å²) in [4.78, 5) is 0. The molecule has 7 heavy (non-hydrogen) atoms. The predicted molar refractivity (Wildman–Crippen MR) is 24.7 cm³/mol. The lowest BCUT2D eigenvalue weighted by molar-refractivity contribution is 0.430. The standard InChI is InChI=1S/C3H4N2OS/c1-2-4-5-3(7)6-2/h1H3,(H,5,7)/p-1. The zero-order valence-corrected chi connectivity index (χ0v) is 4.53. The van der Waals surface area contributed by atoms with Gasteiger partial charge in [-0.05, 0) is 0 Å². The molecule has 0 radical (unpaired) electrons. The molecule has 1 aromatic heterocycles. The Morgan fingerprint density at radius 3 is 2.43 bits per heavy atom. The van der Waals surface area contributed by atoms with E-state index < -0.39 is 0 Å². The topological polar surface area (TPSA) is 38.9 Å². The lowest BCUT2D eigenvalue weighted by Crippen LogP contribution is -1.67. The molecule has 1 heterocycles. The summed E-state index contributed by atoms with van der Waals surface area (Å²) in [6, 6.07) is 0. The van der Waals surface area contributed by atoms with Crippen molar-refractivity contribution < 1.29 is 4.42 Å². The van der Waals surface area contributed by atoms with Gasteiger partial charge in [-0.1, -0.05) is 0 Å². The van der Waals surface area contributed by atoms with Crippen LogP contribution in [0.25, 0.3) is 0 Å². The minimum Gasteiger partial charge on any atom is -0.719 e. The average Bonchev–Trinajstić information content (AvgIpc) is 1.87. The number of rotatable bonds is 0. The van der Waals surface area contributed by atoms with Gasteiger partial charge in [0.25, 0.3) is 0 Å². The minimum atomic E-state index is 0.206. The Morgan fingerprint density at radius 2 is 2.29 bits per heavy atom. The third-order valence-electron chi connectivity index (χ3n) is 0.507. The highest BCUT2D eigenvalue weighted by atomic mass is 32.1. The van der Waals surface area contributed by atoms with Gasteiger partial charge in [0, 0.05) is 6.92 Å². The van der Waals surface area contributed by atoms with E-state index in [1.807, 2.05) is 0 Å². The van der Waals surface area contributed by atoms with Gasteiger partial charge in [0.15, 0.2) is 0 Å². The molecule has 0 fully saturated rings. The van der Waals surface area contributed by atoms with Crippen molar-refractivity contribution in [3.8, 4) is 0 Å². The van der Waals surface area contributed by atoms with Crippen molar-refractivity contribution in [3.05, 3.63) is 5.89 Å². The van der Waals surface area contributed by atoms with Crippen LogP contribution < -0.4 is 0 Å². The van der Waals surface area contributed by atoms with E-state index in [-0.39, 0.29) is 5.22 Å². The molecule has 0 aliphatic heterocycles. The van der Waals surface area contributed by atoms with E-state index >= 15 is 0 Å². The van der Waals surface area contributed by atoms with Crippen LogP contribution in [-0.4, -0.2) is 10.2 Å². The summed E-state index contributed by atoms with van der Waals surface area (Å²) in [6.45, 7) is 1.70. The first-order chi connectivity index (χ1) is 3.29. The molecule has 0 aliphatic rings. The Hall–Kier alpha value is -0.640. The molecule has 1 rings (SSSR count). The fourth-order valence-electron chi connectivity index (χ4n) is 0.278. The monoisotopic (exact) mass is 115 g/mol. The molecule has 0 amide bonds. The van der Waals surface area contributed by atoms with Crippen LogP contribution in [0.5, 0.6) is 0 Å². The van der Waals surface area contributed by atoms with Gasteiger partial charge in [-0.3, -0.25) is 0 Å². The van der Waals surface area contributed by atoms with Gasteiger partial charge in [-0.25, -0.2) is 0 Å². The highest BCUT2D eigenvalue weighted by Gasteiger charge is 1.83. The number of aromatic nitrogens is 2. The van der Waals surface area contributed by atoms with Crippen molar-refractivity contribution >= 4 is 12.6 Å². The molecule has 0 saturated heterocycles. The molecule has 0 N–H and O–H groups in total. The van der Waals surface area contributed by atoms with E-state index in [4.69, 9.17) is 0 Å². The molecule has 0 atom stereocenters. The number of hydrogen-bond acceptors (Lipinski definition) is 4. The average molecular weight is 115 g/mol. The molecule has 0 spiro atoms. The predicted octanol–water partition coefficient (Wildman–Crippen LogP) is 0.284. The van der Waals surface area contributed by atoms with E-state index in [9.17, 15) is 0 Å². The molecule has 0 bridgehead atoms. The van der Waals surface area contributed by atoms with Crippen LogP contribution in [-0.2, 0) is 12.6 Å². The zero-order valence-electron chi connectivity index (χ0n) is 3.71. The Labute approximate surface area is 46.2 Å². The van der Waals surface area contributed by atoms with Gasteiger partial charge in [0.1, 0.15) is 0 Å². The van der Waals surface area contributed by atoms with Crippen LogP contribution in [0.3, 0.4) is 0 Å². The summed E-state index contributed by atoms with van der Waals surface area (Å²) >= 11 is 4.49. The molecule has 0 aliphatic carbocycles. The second kappa shape index (κ2) is 1.46. The highest BCUT2D eigenvalue weighted by Crippen LogP contribution is 1.92. The van der Waals surface area contributed by atoms with E-state index in [0.29, 0.717) is 5.89 Å². The molecule has 0 saturated carbocycles. The lowest BCUT2D eigenvalue weighted by atomic mass is 10.8. The normalized spacial score (nSPS) is 9.29. The second-order valence-corrected chi connectivity index (χ2v) is 1.44. The minimum absolute atomic E-state index is 0.206. The molecule has 0 aromatic carbocycles. The molecule has 4 heteroatoms. The van der Waals surface area contributed by atoms with Gasteiger partial charge in [0.05, 0.1) is 5.22 Å². The number of aryl methyl sites for hydroxylation is 1. The maximum absolute atomic E-state index is 4.68. The molecular formula is C3H3N2OS-. The number of nitrogens with zero attached hydrogens (tertiary/aromatic N) is 2. The number of hydrogen-bond donors (Lipinski definition) is 0. The third-order valence-corrected chi connectivity index (χ3v) is 0.672. The largest absolute Gasteiger partial charge is 0.719 e. The Bertz CT molecular complexity index is 145. The third kappa shape index (κ3) is 0.866. The maximum atomic E-state index is 4.68. The Balaban J connectivity index is 3.04. The quantitative estimate of drug-likeness (QED) is 0.455. The molecule has 1 aromatic rings. The van der Waals surface area contributed by atoms with Crippen molar-refractivity contribution in [1.29, 1.82) is 0 Å². The first kappa shape index (κ1) is 4.52. The molecular weight excluding hydrogens is 112 g/mol. The van der Waals surface area contributed by atoms with Gasteiger partial charge >= 0.3 is 0 Å². The summed E-state index contributed by atoms with van der Waals surface area (Å²) in [6.07, 6.45) is 0. The molecule has 38 valence electrons. The fraction of sp³-hybridized carbons (Fsp3) is 0.333. The van der Waals surface area contributed by atoms with E-state index in [0.717, 1.165) is 0 Å². The Kier molecular flexibility index (Phi) is 0.941. The van der Waals surface area contributed by atoms with Crippen molar-refractivity contribution in [2.24, 2.45) is 0 Å². The van der Waals surface area contributed by atoms with Gasteiger partial charge < -0.3 is 17.0 Å². The summed E-state index contributed by atoms with van der Waals surface area (Å²) in [5, 5.41) is 7.12. The summed E-state index contributed by atoms with van der Waals surface area (Å²) in [5.41, 5.74) is 0. The zero-order chi connectivity index (χ0) is 5.28. The van der Waals surface area contributed by atoms with Crippen LogP contribution in [0.2, 0.25) is 0 Å². The fourth-order valence-corrected chi connectivity index (χ4v) is 0.440. The summed E-state index contributed by atoms with van der Waals surface area (Å²) < 4.78 is 4.68. The van der Waals surface area contributed by atoms with E-state index in [1.165, 1.54) is 0 Å². The van der Waals surface area contributed by atoms with Crippen LogP contribution in [0.1, 0.15) is 5.89 Å². The van der Waals surface area contributed by atoms with Crippen LogP contribution in [0.4, 0.5) is 0 Å². The van der Waals surface area contributed by atoms with Crippen molar-refractivity contribution in [3.63, 3.8) is 0 Å². The molecule has 3 nitrogen and oxygen atoms in total. The van der Waals surface area contributed by atoms with E-state index in [2.05, 4.69) is 27.2 Å². The van der Waals surface area contributed by atoms with Gasteiger partial charge in [0.2, 0.25) is 5.89 Å². The summed E-state index contributed by atoms with van der Waals surface area (Å²) in [7, 11) is 0. The van der Waals surface area contributed by atoms with Crippen molar-refractivity contribution in [2.45, 2.75) is 12.1 Å².